The molecule has 0 saturated heterocycles. The molecule has 0 amide bonds. The molecule has 2 rings (SSSR count). The van der Waals surface area contributed by atoms with Crippen molar-refractivity contribution in [3.63, 3.8) is 0 Å². The fourth-order valence-electron chi connectivity index (χ4n) is 5.21. The number of hydrogen-bond acceptors (Lipinski definition) is 4. The van der Waals surface area contributed by atoms with Crippen molar-refractivity contribution in [3.05, 3.63) is 45.9 Å². The van der Waals surface area contributed by atoms with Gasteiger partial charge >= 0.3 is 0 Å². The predicted octanol–water partition coefficient (Wildman–Crippen LogP) is 11.5. The van der Waals surface area contributed by atoms with E-state index in [4.69, 9.17) is 37.4 Å². The van der Waals surface area contributed by atoms with Crippen LogP contribution in [0.15, 0.2) is 30.3 Å². The molecule has 45 heavy (non-hydrogen) atoms. The first-order valence-electron chi connectivity index (χ1n) is 17.1. The van der Waals surface area contributed by atoms with Gasteiger partial charge in [0.2, 0.25) is 0 Å². The number of halogens is 2. The van der Waals surface area contributed by atoms with Crippen LogP contribution in [0, 0.1) is 17.8 Å². The van der Waals surface area contributed by atoms with Crippen molar-refractivity contribution in [1.82, 2.24) is 0 Å². The van der Waals surface area contributed by atoms with E-state index in [2.05, 4.69) is 41.5 Å². The Hall–Kier alpha value is -0.883. The second-order valence-electron chi connectivity index (χ2n) is 12.0. The number of carbonyl (C=O) groups is 1. The maximum Gasteiger partial charge on any atom is 0.188 e. The molecule has 8 heteroatoms. The molecule has 1 radical (unpaired) electrons. The molecular weight excluding hydrogens is 617 g/mol. The molecule has 0 aliphatic carbocycles. The summed E-state index contributed by atoms with van der Waals surface area (Å²) in [6.45, 7) is 15.1. The van der Waals surface area contributed by atoms with Crippen LogP contribution in [0.1, 0.15) is 129 Å². The average Bonchev–Trinajstić information content (AvgIpc) is 3.02. The number of hydrogen-bond donors (Lipinski definition) is 0. The fourth-order valence-corrected chi connectivity index (χ4v) is 7.10. The van der Waals surface area contributed by atoms with Gasteiger partial charge < -0.3 is 14.2 Å². The van der Waals surface area contributed by atoms with Crippen LogP contribution in [0.2, 0.25) is 10.0 Å². The minimum absolute atomic E-state index is 0. The topological polar surface area (TPSA) is 44.8 Å². The molecule has 2 aromatic rings. The maximum absolute atomic E-state index is 13.8. The molecule has 0 aliphatic rings. The van der Waals surface area contributed by atoms with Crippen LogP contribution in [0.25, 0.3) is 0 Å². The summed E-state index contributed by atoms with van der Waals surface area (Å²) < 4.78 is 19.6. The smallest absolute Gasteiger partial charge is 0.188 e. The summed E-state index contributed by atoms with van der Waals surface area (Å²) in [6.07, 6.45) is 13.6. The molecule has 2 aromatic carbocycles. The first-order valence-corrected chi connectivity index (χ1v) is 18.9. The first-order chi connectivity index (χ1) is 21.3. The minimum Gasteiger partial charge on any atom is -0.493 e. The van der Waals surface area contributed by atoms with Crippen LogP contribution in [0.3, 0.4) is 0 Å². The van der Waals surface area contributed by atoms with Crippen molar-refractivity contribution in [2.75, 3.05) is 19.8 Å². The Morgan fingerprint density at radius 1 is 0.689 bits per heavy atom. The summed E-state index contributed by atoms with van der Waals surface area (Å²) in [7, 11) is -0.263. The summed E-state index contributed by atoms with van der Waals surface area (Å²) in [4.78, 5) is 13.8. The molecule has 0 N–H and O–H groups in total. The summed E-state index contributed by atoms with van der Waals surface area (Å²) in [6, 6.07) is 9.10. The molecule has 0 heterocycles. The molecule has 0 spiro atoms. The van der Waals surface area contributed by atoms with Gasteiger partial charge in [-0.1, -0.05) is 129 Å². The van der Waals surface area contributed by atoms with Gasteiger partial charge in [-0.3, -0.25) is 4.79 Å². The van der Waals surface area contributed by atoms with Crippen LogP contribution in [-0.2, 0) is 0 Å². The Labute approximate surface area is 298 Å². The summed E-state index contributed by atoms with van der Waals surface area (Å²) in [5.74, 6) is 3.41. The molecule has 0 aromatic heterocycles. The van der Waals surface area contributed by atoms with Crippen LogP contribution >= 0.6 is 31.8 Å². The summed E-state index contributed by atoms with van der Waals surface area (Å²) >= 11 is 12.9. The summed E-state index contributed by atoms with van der Waals surface area (Å²) in [5, 5.41) is 1.47. The van der Waals surface area contributed by atoms with E-state index < -0.39 is 0 Å². The van der Waals surface area contributed by atoms with Crippen LogP contribution in [-0.4, -0.2) is 44.2 Å². The van der Waals surface area contributed by atoms with Gasteiger partial charge in [-0.25, -0.2) is 0 Å². The van der Waals surface area contributed by atoms with Gasteiger partial charge in [-0.05, 0) is 57.7 Å². The molecule has 0 aliphatic heterocycles. The molecule has 4 nitrogen and oxygen atoms in total. The fraction of sp³-hybridized carbons (Fsp3) is 0.649. The van der Waals surface area contributed by atoms with Crippen molar-refractivity contribution < 1.29 is 19.0 Å². The average molecular weight is 675 g/mol. The quantitative estimate of drug-likeness (QED) is 0.0821. The van der Waals surface area contributed by atoms with Gasteiger partial charge in [0.1, 0.15) is 17.2 Å². The number of ether oxygens (including phenoxy) is 3. The Kier molecular flexibility index (Phi) is 22.7. The van der Waals surface area contributed by atoms with Crippen molar-refractivity contribution in [1.29, 1.82) is 0 Å². The van der Waals surface area contributed by atoms with E-state index in [1.54, 1.807) is 18.2 Å². The second kappa shape index (κ2) is 24.3. The molecular formula is C37H57Cl2LiO4P. The molecule has 4 atom stereocenters. The van der Waals surface area contributed by atoms with E-state index in [9.17, 15) is 4.79 Å². The van der Waals surface area contributed by atoms with Gasteiger partial charge in [-0.2, -0.15) is 0 Å². The zero-order chi connectivity index (χ0) is 32.3. The first kappa shape index (κ1) is 42.1. The molecule has 0 fully saturated rings. The van der Waals surface area contributed by atoms with Crippen LogP contribution < -0.4 is 19.5 Å². The predicted molar refractivity (Wildman–Crippen MR) is 197 cm³/mol. The van der Waals surface area contributed by atoms with Crippen LogP contribution in [0.4, 0.5) is 0 Å². The van der Waals surface area contributed by atoms with E-state index in [0.29, 0.717) is 64.7 Å². The molecule has 4 unspecified atom stereocenters. The Morgan fingerprint density at radius 2 is 1.09 bits per heavy atom. The maximum atomic E-state index is 13.8. The van der Waals surface area contributed by atoms with Crippen molar-refractivity contribution in [2.24, 2.45) is 17.8 Å². The Bertz CT molecular complexity index is 1050. The minimum atomic E-state index is -0.263. The second-order valence-corrected chi connectivity index (χ2v) is 14.0. The zero-order valence-corrected chi connectivity index (χ0v) is 31.6. The van der Waals surface area contributed by atoms with Gasteiger partial charge in [-0.15, -0.1) is 0 Å². The SMILES string of the molecule is CCCCC(CC)COc1cc(OCC(CC)CCCC)c(PC(=O)c2c(Cl)cccc2Cl)c(OCC(CC)CCCC)c1.[Li]. The van der Waals surface area contributed by atoms with E-state index in [1.165, 1.54) is 25.7 Å². The van der Waals surface area contributed by atoms with E-state index in [1.807, 2.05) is 12.1 Å². The van der Waals surface area contributed by atoms with Gasteiger partial charge in [0.25, 0.3) is 0 Å². The number of unbranched alkanes of at least 4 members (excludes halogenated alkanes) is 3. The third-order valence-electron chi connectivity index (χ3n) is 8.53. The molecule has 249 valence electrons. The third kappa shape index (κ3) is 14.8. The monoisotopic (exact) mass is 673 g/mol. The Balaban J connectivity index is 0.0000101. The van der Waals surface area contributed by atoms with Crippen molar-refractivity contribution in [2.45, 2.75) is 119 Å². The van der Waals surface area contributed by atoms with Gasteiger partial charge in [0, 0.05) is 31.0 Å². The van der Waals surface area contributed by atoms with Crippen molar-refractivity contribution in [3.8, 4) is 17.2 Å². The van der Waals surface area contributed by atoms with E-state index in [0.717, 1.165) is 62.4 Å². The summed E-state index contributed by atoms with van der Waals surface area (Å²) in [5.41, 5.74) is 0.211. The van der Waals surface area contributed by atoms with Gasteiger partial charge in [0.05, 0.1) is 40.7 Å². The van der Waals surface area contributed by atoms with Gasteiger partial charge in [0.15, 0.2) is 5.52 Å². The number of rotatable bonds is 24. The third-order valence-corrected chi connectivity index (χ3v) is 10.4. The normalized spacial score (nSPS) is 13.3. The number of carbonyl (C=O) groups excluding carboxylic acids is 1. The van der Waals surface area contributed by atoms with Crippen molar-refractivity contribution >= 4 is 61.5 Å². The van der Waals surface area contributed by atoms with E-state index >= 15 is 0 Å². The van der Waals surface area contributed by atoms with Crippen LogP contribution in [0.5, 0.6) is 17.2 Å². The zero-order valence-electron chi connectivity index (χ0n) is 29.1. The van der Waals surface area contributed by atoms with E-state index in [-0.39, 0.29) is 33.0 Å². The standard InChI is InChI=1S/C37H57Cl2O4P.Li/c1-7-13-17-27(10-4)24-41-30-22-33(42-25-28(11-5)18-14-8-2)36(34(23-30)43-26-29(12-6)19-15-9-3)44-37(40)35-31(38)20-16-21-32(35)39;/h16,20-23,27-29,44H,7-15,17-19,24-26H2,1-6H3;. The molecule has 0 saturated carbocycles. The number of benzene rings is 2. The Morgan fingerprint density at radius 3 is 1.47 bits per heavy atom. The largest absolute Gasteiger partial charge is 0.493 e. The molecule has 0 bridgehead atoms.